The van der Waals surface area contributed by atoms with Crippen molar-refractivity contribution in [2.24, 2.45) is 0 Å². The predicted molar refractivity (Wildman–Crippen MR) is 107 cm³/mol. The number of hydrogen-bond donors (Lipinski definition) is 2. The van der Waals surface area contributed by atoms with Crippen LogP contribution in [0.3, 0.4) is 0 Å². The molecular weight excluding hydrogens is 468 g/mol. The fraction of sp³-hybridized carbons (Fsp3) is 0.222. The maximum Gasteiger partial charge on any atom is 0.258 e. The maximum atomic E-state index is 12.0. The number of hydrogen-bond acceptors (Lipinski definition) is 4. The van der Waals surface area contributed by atoms with E-state index in [1.165, 1.54) is 7.11 Å². The van der Waals surface area contributed by atoms with Crippen molar-refractivity contribution in [3.8, 4) is 11.5 Å². The van der Waals surface area contributed by atoms with Crippen molar-refractivity contribution in [1.29, 1.82) is 0 Å². The molecule has 2 aromatic rings. The molecule has 0 unspecified atom stereocenters. The number of carbonyl (C=O) groups is 2. The van der Waals surface area contributed by atoms with Crippen LogP contribution in [0.2, 0.25) is 0 Å². The van der Waals surface area contributed by atoms with Crippen LogP contribution in [0.4, 0.5) is 5.69 Å². The van der Waals surface area contributed by atoms with E-state index in [1.807, 2.05) is 19.1 Å². The van der Waals surface area contributed by atoms with Crippen LogP contribution in [-0.2, 0) is 9.59 Å². The second-order valence-electron chi connectivity index (χ2n) is 5.39. The van der Waals surface area contributed by atoms with Gasteiger partial charge in [0.05, 0.1) is 23.8 Å². The van der Waals surface area contributed by atoms with Crippen molar-refractivity contribution in [3.63, 3.8) is 0 Å². The quantitative estimate of drug-likeness (QED) is 0.627. The van der Waals surface area contributed by atoms with E-state index in [0.717, 1.165) is 14.5 Å². The van der Waals surface area contributed by atoms with Crippen LogP contribution in [0.1, 0.15) is 5.56 Å². The molecule has 0 saturated heterocycles. The Bertz CT molecular complexity index is 812. The molecule has 2 aromatic carbocycles. The first-order valence-electron chi connectivity index (χ1n) is 7.68. The van der Waals surface area contributed by atoms with Gasteiger partial charge in [0.2, 0.25) is 5.91 Å². The van der Waals surface area contributed by atoms with Crippen molar-refractivity contribution < 1.29 is 19.1 Å². The monoisotopic (exact) mass is 484 g/mol. The summed E-state index contributed by atoms with van der Waals surface area (Å²) in [5.74, 6) is 0.342. The Morgan fingerprint density at radius 1 is 1.04 bits per heavy atom. The Balaban J connectivity index is 1.81. The normalized spacial score (nSPS) is 10.2. The Morgan fingerprint density at radius 3 is 2.46 bits per heavy atom. The van der Waals surface area contributed by atoms with Crippen molar-refractivity contribution in [2.75, 3.05) is 25.6 Å². The summed E-state index contributed by atoms with van der Waals surface area (Å²) in [5.41, 5.74) is 1.54. The highest BCUT2D eigenvalue weighted by molar-refractivity contribution is 9.11. The number of benzene rings is 2. The zero-order chi connectivity index (χ0) is 19.1. The fourth-order valence-corrected chi connectivity index (χ4v) is 3.24. The largest absolute Gasteiger partial charge is 0.495 e. The van der Waals surface area contributed by atoms with Gasteiger partial charge in [0.15, 0.2) is 6.61 Å². The molecule has 8 heteroatoms. The predicted octanol–water partition coefficient (Wildman–Crippen LogP) is 3.66. The molecule has 0 aliphatic heterocycles. The van der Waals surface area contributed by atoms with Crippen molar-refractivity contribution in [3.05, 3.63) is 50.9 Å². The first kappa shape index (κ1) is 20.3. The molecule has 138 valence electrons. The van der Waals surface area contributed by atoms with E-state index in [2.05, 4.69) is 42.5 Å². The number of halogens is 2. The molecule has 0 atom stereocenters. The van der Waals surface area contributed by atoms with E-state index in [-0.39, 0.29) is 19.1 Å². The van der Waals surface area contributed by atoms with Gasteiger partial charge in [-0.1, -0.05) is 22.0 Å². The molecule has 0 aliphatic carbocycles. The third-order valence-electron chi connectivity index (χ3n) is 3.33. The lowest BCUT2D eigenvalue weighted by Gasteiger charge is -2.12. The topological polar surface area (TPSA) is 76.7 Å². The summed E-state index contributed by atoms with van der Waals surface area (Å²) in [6.45, 7) is 1.55. The number of nitrogens with one attached hydrogen (secondary N) is 2. The Morgan fingerprint density at radius 2 is 1.77 bits per heavy atom. The summed E-state index contributed by atoms with van der Waals surface area (Å²) in [7, 11) is 1.53. The highest BCUT2D eigenvalue weighted by atomic mass is 79.9. The van der Waals surface area contributed by atoms with Gasteiger partial charge < -0.3 is 20.1 Å². The van der Waals surface area contributed by atoms with Crippen molar-refractivity contribution in [2.45, 2.75) is 6.92 Å². The highest BCUT2D eigenvalue weighted by Crippen LogP contribution is 2.28. The molecule has 0 fully saturated rings. The average Bonchev–Trinajstić information content (AvgIpc) is 2.59. The summed E-state index contributed by atoms with van der Waals surface area (Å²) in [6.07, 6.45) is 0. The smallest absolute Gasteiger partial charge is 0.258 e. The molecule has 0 spiro atoms. The van der Waals surface area contributed by atoms with Crippen LogP contribution in [-0.4, -0.2) is 32.1 Å². The van der Waals surface area contributed by atoms with Gasteiger partial charge >= 0.3 is 0 Å². The highest BCUT2D eigenvalue weighted by Gasteiger charge is 2.11. The number of ether oxygens (including phenoxy) is 2. The van der Waals surface area contributed by atoms with E-state index >= 15 is 0 Å². The zero-order valence-electron chi connectivity index (χ0n) is 14.3. The van der Waals surface area contributed by atoms with E-state index in [9.17, 15) is 9.59 Å². The number of methoxy groups -OCH3 is 1. The first-order chi connectivity index (χ1) is 12.4. The minimum absolute atomic E-state index is 0.166. The van der Waals surface area contributed by atoms with E-state index in [0.29, 0.717) is 17.2 Å². The molecule has 0 bridgehead atoms. The Kier molecular flexibility index (Phi) is 7.47. The van der Waals surface area contributed by atoms with Gasteiger partial charge in [-0.05, 0) is 58.7 Å². The molecule has 0 heterocycles. The molecular formula is C18H18Br2N2O4. The summed E-state index contributed by atoms with van der Waals surface area (Å²) in [5, 5.41) is 5.23. The SMILES string of the molecule is COc1ccc(C)cc1NC(=O)CNC(=O)COc1ccc(Br)cc1Br. The number of amides is 2. The van der Waals surface area contributed by atoms with Crippen LogP contribution in [0.15, 0.2) is 45.3 Å². The molecule has 0 radical (unpaired) electrons. The van der Waals surface area contributed by atoms with E-state index in [1.54, 1.807) is 24.3 Å². The van der Waals surface area contributed by atoms with Gasteiger partial charge in [0.1, 0.15) is 11.5 Å². The number of anilines is 1. The van der Waals surface area contributed by atoms with Crippen LogP contribution < -0.4 is 20.1 Å². The van der Waals surface area contributed by atoms with Crippen LogP contribution >= 0.6 is 31.9 Å². The molecule has 2 N–H and O–H groups in total. The Labute approximate surface area is 168 Å². The van der Waals surface area contributed by atoms with Gasteiger partial charge in [0, 0.05) is 4.47 Å². The van der Waals surface area contributed by atoms with Gasteiger partial charge in [-0.15, -0.1) is 0 Å². The van der Waals surface area contributed by atoms with Gasteiger partial charge in [-0.3, -0.25) is 9.59 Å². The third kappa shape index (κ3) is 6.03. The molecule has 2 rings (SSSR count). The second kappa shape index (κ2) is 9.59. The summed E-state index contributed by atoms with van der Waals surface area (Å²) in [6, 6.07) is 10.8. The van der Waals surface area contributed by atoms with Gasteiger partial charge in [-0.2, -0.15) is 0 Å². The van der Waals surface area contributed by atoms with E-state index in [4.69, 9.17) is 9.47 Å². The third-order valence-corrected chi connectivity index (χ3v) is 4.44. The van der Waals surface area contributed by atoms with Crippen molar-refractivity contribution in [1.82, 2.24) is 5.32 Å². The average molecular weight is 486 g/mol. The first-order valence-corrected chi connectivity index (χ1v) is 9.26. The zero-order valence-corrected chi connectivity index (χ0v) is 17.4. The number of carbonyl (C=O) groups excluding carboxylic acids is 2. The van der Waals surface area contributed by atoms with Crippen LogP contribution in [0.5, 0.6) is 11.5 Å². The second-order valence-corrected chi connectivity index (χ2v) is 7.16. The lowest BCUT2D eigenvalue weighted by atomic mass is 10.2. The minimum Gasteiger partial charge on any atom is -0.495 e. The standard InChI is InChI=1S/C18H18Br2N2O4/c1-11-3-5-16(25-2)14(7-11)22-17(23)9-21-18(24)10-26-15-6-4-12(19)8-13(15)20/h3-8H,9-10H2,1-2H3,(H,21,24)(H,22,23). The maximum absolute atomic E-state index is 12.0. The van der Waals surface area contributed by atoms with Gasteiger partial charge in [0.25, 0.3) is 5.91 Å². The lowest BCUT2D eigenvalue weighted by Crippen LogP contribution is -2.35. The number of rotatable bonds is 7. The summed E-state index contributed by atoms with van der Waals surface area (Å²) >= 11 is 6.69. The van der Waals surface area contributed by atoms with Crippen LogP contribution in [0, 0.1) is 6.92 Å². The number of aryl methyl sites for hydroxylation is 1. The molecule has 6 nitrogen and oxygen atoms in total. The fourth-order valence-electron chi connectivity index (χ4n) is 2.08. The minimum atomic E-state index is -0.397. The lowest BCUT2D eigenvalue weighted by molar-refractivity contribution is -0.125. The van der Waals surface area contributed by atoms with Crippen LogP contribution in [0.25, 0.3) is 0 Å². The molecule has 26 heavy (non-hydrogen) atoms. The summed E-state index contributed by atoms with van der Waals surface area (Å²) < 4.78 is 12.2. The molecule has 2 amide bonds. The van der Waals surface area contributed by atoms with Gasteiger partial charge in [-0.25, -0.2) is 0 Å². The van der Waals surface area contributed by atoms with E-state index < -0.39 is 5.91 Å². The molecule has 0 saturated carbocycles. The molecule has 0 aromatic heterocycles. The van der Waals surface area contributed by atoms with Crippen molar-refractivity contribution >= 4 is 49.4 Å². The molecule has 0 aliphatic rings. The summed E-state index contributed by atoms with van der Waals surface area (Å²) in [4.78, 5) is 23.9. The Hall–Kier alpha value is -2.06.